The normalized spacial score (nSPS) is 11.1. The number of aliphatic imine (C=N–C) groups is 1. The van der Waals surface area contributed by atoms with Crippen LogP contribution in [0.2, 0.25) is 0 Å². The summed E-state index contributed by atoms with van der Waals surface area (Å²) in [6.07, 6.45) is 1.69. The molecule has 2 aromatic carbocycles. The Morgan fingerprint density at radius 1 is 1.19 bits per heavy atom. The lowest BCUT2D eigenvalue weighted by atomic mass is 10.1. The second-order valence-electron chi connectivity index (χ2n) is 4.45. The first-order valence-electron chi connectivity index (χ1n) is 6.43. The minimum absolute atomic E-state index is 0.351. The van der Waals surface area contributed by atoms with Crippen LogP contribution in [0.5, 0.6) is 0 Å². The number of hydrogen-bond donors (Lipinski definition) is 1. The summed E-state index contributed by atoms with van der Waals surface area (Å²) in [5, 5.41) is 0. The highest BCUT2D eigenvalue weighted by atomic mass is 16.5. The van der Waals surface area contributed by atoms with Crippen molar-refractivity contribution in [2.75, 3.05) is 7.11 Å². The molecule has 0 aliphatic carbocycles. The van der Waals surface area contributed by atoms with Crippen LogP contribution in [0.1, 0.15) is 15.9 Å². The van der Waals surface area contributed by atoms with E-state index in [1.165, 1.54) is 7.11 Å². The number of hydrogen-bond acceptors (Lipinski definition) is 4. The number of nitrogens with one attached hydrogen (secondary N) is 1. The number of methoxy groups -OCH3 is 1. The molecule has 0 amide bonds. The van der Waals surface area contributed by atoms with E-state index in [0.29, 0.717) is 11.5 Å². The van der Waals surface area contributed by atoms with E-state index in [1.54, 1.807) is 30.5 Å². The molecule has 104 valence electrons. The Balaban J connectivity index is 1.80. The molecule has 0 atom stereocenters. The van der Waals surface area contributed by atoms with Crippen LogP contribution in [0.15, 0.2) is 53.5 Å². The minimum atomic E-state index is -0.351. The molecule has 0 unspecified atom stereocenters. The summed E-state index contributed by atoms with van der Waals surface area (Å²) in [7, 11) is 1.36. The number of aromatic amines is 1. The van der Waals surface area contributed by atoms with Gasteiger partial charge in [0.15, 0.2) is 0 Å². The third kappa shape index (κ3) is 2.81. The molecule has 3 rings (SSSR count). The van der Waals surface area contributed by atoms with E-state index in [0.717, 1.165) is 16.6 Å². The zero-order chi connectivity index (χ0) is 14.7. The molecular formula is C16H13N3O2. The Morgan fingerprint density at radius 2 is 1.95 bits per heavy atom. The van der Waals surface area contributed by atoms with Crippen molar-refractivity contribution >= 4 is 29.2 Å². The fourth-order valence-corrected chi connectivity index (χ4v) is 1.96. The maximum absolute atomic E-state index is 11.3. The van der Waals surface area contributed by atoms with Gasteiger partial charge in [-0.15, -0.1) is 0 Å². The topological polar surface area (TPSA) is 67.3 Å². The average Bonchev–Trinajstić information content (AvgIpc) is 2.95. The van der Waals surface area contributed by atoms with Gasteiger partial charge in [-0.3, -0.25) is 0 Å². The quantitative estimate of drug-likeness (QED) is 0.591. The van der Waals surface area contributed by atoms with Crippen LogP contribution in [-0.4, -0.2) is 29.3 Å². The van der Waals surface area contributed by atoms with Gasteiger partial charge in [-0.25, -0.2) is 14.8 Å². The molecule has 1 N–H and O–H groups in total. The highest BCUT2D eigenvalue weighted by molar-refractivity contribution is 5.91. The highest BCUT2D eigenvalue weighted by Gasteiger charge is 2.03. The number of imidazole rings is 1. The highest BCUT2D eigenvalue weighted by Crippen LogP contribution is 2.15. The van der Waals surface area contributed by atoms with Gasteiger partial charge in [-0.05, 0) is 29.8 Å². The molecule has 0 saturated heterocycles. The average molecular weight is 279 g/mol. The second-order valence-corrected chi connectivity index (χ2v) is 4.45. The van der Waals surface area contributed by atoms with Crippen molar-refractivity contribution in [1.29, 1.82) is 0 Å². The van der Waals surface area contributed by atoms with Crippen LogP contribution in [0.25, 0.3) is 11.0 Å². The summed E-state index contributed by atoms with van der Waals surface area (Å²) in [5.74, 6) is 0.198. The monoisotopic (exact) mass is 279 g/mol. The van der Waals surface area contributed by atoms with Gasteiger partial charge in [0.25, 0.3) is 0 Å². The fraction of sp³-hybridized carbons (Fsp3) is 0.0625. The Kier molecular flexibility index (Phi) is 3.47. The molecule has 0 radical (unpaired) electrons. The van der Waals surface area contributed by atoms with Gasteiger partial charge in [-0.2, -0.15) is 0 Å². The van der Waals surface area contributed by atoms with E-state index < -0.39 is 0 Å². The zero-order valence-corrected chi connectivity index (χ0v) is 11.4. The van der Waals surface area contributed by atoms with E-state index >= 15 is 0 Å². The predicted molar refractivity (Wildman–Crippen MR) is 81.1 cm³/mol. The molecule has 1 aromatic heterocycles. The SMILES string of the molecule is COC(=O)c1ccc(C=Nc2nc3ccccc3[nH]2)cc1. The second kappa shape index (κ2) is 5.58. The maximum atomic E-state index is 11.3. The number of rotatable bonds is 3. The van der Waals surface area contributed by atoms with Gasteiger partial charge in [0.2, 0.25) is 5.95 Å². The number of ether oxygens (including phenoxy) is 1. The van der Waals surface area contributed by atoms with Crippen LogP contribution >= 0.6 is 0 Å². The van der Waals surface area contributed by atoms with Crippen LogP contribution in [0.4, 0.5) is 5.95 Å². The number of nitrogens with zero attached hydrogens (tertiary/aromatic N) is 2. The Bertz CT molecular complexity index is 771. The molecule has 0 spiro atoms. The van der Waals surface area contributed by atoms with Crippen LogP contribution < -0.4 is 0 Å². The summed E-state index contributed by atoms with van der Waals surface area (Å²) in [4.78, 5) is 23.1. The summed E-state index contributed by atoms with van der Waals surface area (Å²) in [6, 6.07) is 14.8. The summed E-state index contributed by atoms with van der Waals surface area (Å²) in [6.45, 7) is 0. The van der Waals surface area contributed by atoms with Crippen LogP contribution in [0.3, 0.4) is 0 Å². The van der Waals surface area contributed by atoms with E-state index in [4.69, 9.17) is 0 Å². The smallest absolute Gasteiger partial charge is 0.337 e. The molecule has 5 nitrogen and oxygen atoms in total. The van der Waals surface area contributed by atoms with Gasteiger partial charge < -0.3 is 9.72 Å². The first-order chi connectivity index (χ1) is 10.3. The molecule has 0 aliphatic heterocycles. The molecule has 3 aromatic rings. The number of carbonyl (C=O) groups is 1. The van der Waals surface area contributed by atoms with Gasteiger partial charge in [-0.1, -0.05) is 24.3 Å². The lowest BCUT2D eigenvalue weighted by Crippen LogP contribution is -2.00. The van der Waals surface area contributed by atoms with E-state index in [2.05, 4.69) is 19.7 Å². The lowest BCUT2D eigenvalue weighted by Gasteiger charge is -1.98. The van der Waals surface area contributed by atoms with Gasteiger partial charge in [0.1, 0.15) is 0 Å². The van der Waals surface area contributed by atoms with Crippen molar-refractivity contribution < 1.29 is 9.53 Å². The summed E-state index contributed by atoms with van der Waals surface area (Å²) >= 11 is 0. The van der Waals surface area contributed by atoms with E-state index in [9.17, 15) is 4.79 Å². The number of para-hydroxylation sites is 2. The lowest BCUT2D eigenvalue weighted by molar-refractivity contribution is 0.0600. The Morgan fingerprint density at radius 3 is 2.67 bits per heavy atom. The molecule has 0 fully saturated rings. The first kappa shape index (κ1) is 13.1. The first-order valence-corrected chi connectivity index (χ1v) is 6.43. The number of carbonyl (C=O) groups excluding carboxylic acids is 1. The van der Waals surface area contributed by atoms with Crippen molar-refractivity contribution in [3.05, 3.63) is 59.7 Å². The van der Waals surface area contributed by atoms with Crippen molar-refractivity contribution in [3.8, 4) is 0 Å². The van der Waals surface area contributed by atoms with E-state index in [1.807, 2.05) is 24.3 Å². The predicted octanol–water partition coefficient (Wildman–Crippen LogP) is 3.10. The summed E-state index contributed by atoms with van der Waals surface area (Å²) < 4.78 is 4.65. The largest absolute Gasteiger partial charge is 0.465 e. The number of aromatic nitrogens is 2. The number of benzene rings is 2. The molecule has 1 heterocycles. The van der Waals surface area contributed by atoms with Crippen molar-refractivity contribution in [2.24, 2.45) is 4.99 Å². The van der Waals surface area contributed by atoms with Gasteiger partial charge >= 0.3 is 5.97 Å². The minimum Gasteiger partial charge on any atom is -0.465 e. The van der Waals surface area contributed by atoms with Gasteiger partial charge in [0.05, 0.1) is 23.7 Å². The van der Waals surface area contributed by atoms with Crippen molar-refractivity contribution in [2.45, 2.75) is 0 Å². The third-order valence-corrected chi connectivity index (χ3v) is 3.04. The number of H-pyrrole nitrogens is 1. The Labute approximate surface area is 121 Å². The standard InChI is InChI=1S/C16H13N3O2/c1-21-15(20)12-8-6-11(7-9-12)10-17-16-18-13-4-2-3-5-14(13)19-16/h2-10H,1H3,(H,18,19). The van der Waals surface area contributed by atoms with Crippen LogP contribution in [0, 0.1) is 0 Å². The number of fused-ring (bicyclic) bond motifs is 1. The molecule has 0 bridgehead atoms. The molecule has 21 heavy (non-hydrogen) atoms. The molecular weight excluding hydrogens is 266 g/mol. The van der Waals surface area contributed by atoms with Crippen LogP contribution in [-0.2, 0) is 4.74 Å². The molecule has 5 heteroatoms. The van der Waals surface area contributed by atoms with E-state index in [-0.39, 0.29) is 5.97 Å². The fourth-order valence-electron chi connectivity index (χ4n) is 1.96. The number of esters is 1. The third-order valence-electron chi connectivity index (χ3n) is 3.04. The Hall–Kier alpha value is -2.95. The van der Waals surface area contributed by atoms with Gasteiger partial charge in [0, 0.05) is 6.21 Å². The molecule has 0 aliphatic rings. The zero-order valence-electron chi connectivity index (χ0n) is 11.4. The summed E-state index contributed by atoms with van der Waals surface area (Å²) in [5.41, 5.74) is 3.22. The maximum Gasteiger partial charge on any atom is 0.337 e. The van der Waals surface area contributed by atoms with Crippen molar-refractivity contribution in [3.63, 3.8) is 0 Å². The molecule has 0 saturated carbocycles. The van der Waals surface area contributed by atoms with Crippen molar-refractivity contribution in [1.82, 2.24) is 9.97 Å².